The second-order valence-corrected chi connectivity index (χ2v) is 9.11. The van der Waals surface area contributed by atoms with Crippen molar-refractivity contribution in [1.29, 1.82) is 0 Å². The maximum atomic E-state index is 13.0. The van der Waals surface area contributed by atoms with E-state index >= 15 is 0 Å². The van der Waals surface area contributed by atoms with Gasteiger partial charge in [-0.3, -0.25) is 9.48 Å². The second kappa shape index (κ2) is 5.56. The third kappa shape index (κ3) is 2.29. The lowest BCUT2D eigenvalue weighted by Crippen LogP contribution is -2.32. The topological polar surface area (TPSA) is 85.4 Å². The lowest BCUT2D eigenvalue weighted by Gasteiger charge is -2.18. The van der Waals surface area contributed by atoms with E-state index in [1.54, 1.807) is 48.7 Å². The van der Waals surface area contributed by atoms with Crippen LogP contribution in [0.4, 0.5) is 0 Å². The van der Waals surface area contributed by atoms with Crippen LogP contribution in [0.15, 0.2) is 58.2 Å². The van der Waals surface area contributed by atoms with Gasteiger partial charge in [0.05, 0.1) is 16.4 Å². The number of rotatable bonds is 2. The molecule has 1 aromatic carbocycles. The highest BCUT2D eigenvalue weighted by Gasteiger charge is 2.51. The van der Waals surface area contributed by atoms with Gasteiger partial charge in [0.15, 0.2) is 9.84 Å². The molecule has 2 aliphatic heterocycles. The largest absolute Gasteiger partial charge is 0.464 e. The van der Waals surface area contributed by atoms with Gasteiger partial charge in [-0.25, -0.2) is 8.42 Å². The molecule has 8 heteroatoms. The van der Waals surface area contributed by atoms with Crippen molar-refractivity contribution in [3.63, 3.8) is 0 Å². The Morgan fingerprint density at radius 1 is 1.22 bits per heavy atom. The number of benzene rings is 1. The average molecular weight is 383 g/mol. The summed E-state index contributed by atoms with van der Waals surface area (Å²) >= 11 is 0. The van der Waals surface area contributed by atoms with Gasteiger partial charge < -0.3 is 9.32 Å². The molecule has 3 aromatic rings. The first kappa shape index (κ1) is 16.3. The minimum atomic E-state index is -3.46. The quantitative estimate of drug-likeness (QED) is 0.676. The van der Waals surface area contributed by atoms with E-state index in [0.717, 1.165) is 11.1 Å². The normalized spacial score (nSPS) is 22.6. The molecule has 1 fully saturated rings. The van der Waals surface area contributed by atoms with Crippen LogP contribution in [0.1, 0.15) is 22.0 Å². The summed E-state index contributed by atoms with van der Waals surface area (Å²) in [6, 6.07) is 10.6. The van der Waals surface area contributed by atoms with Crippen LogP contribution >= 0.6 is 0 Å². The number of sulfone groups is 1. The van der Waals surface area contributed by atoms with E-state index in [-0.39, 0.29) is 18.4 Å². The number of carbonyl (C=O) groups excluding carboxylic acids is 1. The predicted molar refractivity (Wildman–Crippen MR) is 97.0 cm³/mol. The highest BCUT2D eigenvalue weighted by atomic mass is 32.2. The van der Waals surface area contributed by atoms with Gasteiger partial charge in [-0.05, 0) is 42.0 Å². The van der Waals surface area contributed by atoms with Gasteiger partial charge >= 0.3 is 0 Å². The van der Waals surface area contributed by atoms with E-state index in [9.17, 15) is 13.2 Å². The molecule has 0 radical (unpaired) electrons. The van der Waals surface area contributed by atoms with Crippen molar-refractivity contribution < 1.29 is 17.6 Å². The van der Waals surface area contributed by atoms with Gasteiger partial charge in [0, 0.05) is 37.8 Å². The molecule has 138 valence electrons. The molecule has 2 aromatic heterocycles. The van der Waals surface area contributed by atoms with Crippen LogP contribution in [-0.2, 0) is 16.9 Å². The smallest absolute Gasteiger partial charge is 0.272 e. The van der Waals surface area contributed by atoms with Gasteiger partial charge in [0.25, 0.3) is 5.91 Å². The summed E-state index contributed by atoms with van der Waals surface area (Å²) in [5, 5.41) is 3.43. The minimum Gasteiger partial charge on any atom is -0.464 e. The zero-order valence-corrected chi connectivity index (χ0v) is 15.4. The van der Waals surface area contributed by atoms with Crippen LogP contribution in [0, 0.1) is 0 Å². The van der Waals surface area contributed by atoms with Crippen LogP contribution < -0.4 is 0 Å². The van der Waals surface area contributed by atoms with E-state index < -0.39 is 15.1 Å². The molecule has 0 aliphatic carbocycles. The van der Waals surface area contributed by atoms with Crippen molar-refractivity contribution in [1.82, 2.24) is 14.7 Å². The Morgan fingerprint density at radius 2 is 2.07 bits per heavy atom. The summed E-state index contributed by atoms with van der Waals surface area (Å²) in [6.45, 7) is 0.574. The predicted octanol–water partition coefficient (Wildman–Crippen LogP) is 2.08. The van der Waals surface area contributed by atoms with E-state index in [1.807, 2.05) is 12.1 Å². The molecule has 7 nitrogen and oxygen atoms in total. The highest BCUT2D eigenvalue weighted by Crippen LogP contribution is 2.46. The molecule has 0 spiro atoms. The number of aromatic nitrogens is 2. The number of hydrogen-bond donors (Lipinski definition) is 0. The van der Waals surface area contributed by atoms with E-state index in [2.05, 4.69) is 5.10 Å². The fourth-order valence-electron chi connectivity index (χ4n) is 4.16. The Morgan fingerprint density at radius 3 is 2.78 bits per heavy atom. The van der Waals surface area contributed by atoms with Gasteiger partial charge in [-0.2, -0.15) is 5.10 Å². The number of likely N-dealkylation sites (tertiary alicyclic amines) is 1. The molecular formula is C19H17N3O4S. The Hall–Kier alpha value is -2.87. The fourth-order valence-corrected chi connectivity index (χ4v) is 6.32. The van der Waals surface area contributed by atoms with Crippen molar-refractivity contribution in [2.24, 2.45) is 7.05 Å². The van der Waals surface area contributed by atoms with E-state index in [0.29, 0.717) is 22.9 Å². The molecular weight excluding hydrogens is 366 g/mol. The highest BCUT2D eigenvalue weighted by molar-refractivity contribution is 7.92. The number of furan rings is 1. The third-order valence-electron chi connectivity index (χ3n) is 5.51. The monoisotopic (exact) mass is 383 g/mol. The number of nitrogens with zero attached hydrogens (tertiary/aromatic N) is 3. The van der Waals surface area contributed by atoms with E-state index in [1.165, 1.54) is 4.68 Å². The zero-order valence-electron chi connectivity index (χ0n) is 14.6. The fraction of sp³-hybridized carbons (Fsp3) is 0.263. The number of hydrogen-bond acceptors (Lipinski definition) is 5. The van der Waals surface area contributed by atoms with Gasteiger partial charge in [-0.1, -0.05) is 0 Å². The van der Waals surface area contributed by atoms with Crippen LogP contribution in [0.25, 0.3) is 11.3 Å². The summed E-state index contributed by atoms with van der Waals surface area (Å²) in [6.07, 6.45) is 3.15. The van der Waals surface area contributed by atoms with Crippen LogP contribution in [0.2, 0.25) is 0 Å². The second-order valence-electron chi connectivity index (χ2n) is 6.97. The lowest BCUT2D eigenvalue weighted by atomic mass is 9.96. The Bertz CT molecular complexity index is 1150. The first-order chi connectivity index (χ1) is 13.0. The summed E-state index contributed by atoms with van der Waals surface area (Å²) in [5.41, 5.74) is 2.07. The maximum absolute atomic E-state index is 13.0. The van der Waals surface area contributed by atoms with Crippen LogP contribution in [0.3, 0.4) is 0 Å². The number of aryl methyl sites for hydroxylation is 1. The molecule has 4 heterocycles. The summed E-state index contributed by atoms with van der Waals surface area (Å²) in [5.74, 6) is 0.278. The Labute approximate surface area is 156 Å². The third-order valence-corrected chi connectivity index (χ3v) is 7.77. The van der Waals surface area contributed by atoms with Crippen molar-refractivity contribution in [2.45, 2.75) is 16.1 Å². The van der Waals surface area contributed by atoms with Gasteiger partial charge in [0.2, 0.25) is 0 Å². The van der Waals surface area contributed by atoms with Crippen LogP contribution in [0.5, 0.6) is 0 Å². The molecule has 27 heavy (non-hydrogen) atoms. The molecule has 2 atom stereocenters. The molecule has 0 unspecified atom stereocenters. The van der Waals surface area contributed by atoms with Crippen LogP contribution in [-0.4, -0.2) is 47.3 Å². The maximum Gasteiger partial charge on any atom is 0.272 e. The molecule has 5 rings (SSSR count). The molecule has 1 amide bonds. The molecule has 0 bridgehead atoms. The summed E-state index contributed by atoms with van der Waals surface area (Å²) in [4.78, 5) is 14.8. The molecule has 0 N–H and O–H groups in total. The minimum absolute atomic E-state index is 0.191. The molecule has 2 aliphatic rings. The lowest BCUT2D eigenvalue weighted by molar-refractivity contribution is 0.0780. The molecule has 1 saturated heterocycles. The number of fused-ring (bicyclic) bond motifs is 3. The van der Waals surface area contributed by atoms with Gasteiger partial charge in [0.1, 0.15) is 11.5 Å². The van der Waals surface area contributed by atoms with Crippen molar-refractivity contribution >= 4 is 15.7 Å². The zero-order chi connectivity index (χ0) is 18.8. The Kier molecular flexibility index (Phi) is 3.36. The summed E-state index contributed by atoms with van der Waals surface area (Å²) in [7, 11) is -1.76. The number of carbonyl (C=O) groups is 1. The van der Waals surface area contributed by atoms with Gasteiger partial charge in [-0.15, -0.1) is 0 Å². The average Bonchev–Trinajstić information content (AvgIpc) is 3.42. The van der Waals surface area contributed by atoms with E-state index in [4.69, 9.17) is 4.42 Å². The summed E-state index contributed by atoms with van der Waals surface area (Å²) < 4.78 is 33.0. The number of amides is 1. The first-order valence-corrected chi connectivity index (χ1v) is 10.2. The van der Waals surface area contributed by atoms with Crippen molar-refractivity contribution in [3.8, 4) is 11.3 Å². The first-order valence-electron chi connectivity index (χ1n) is 8.66. The molecule has 0 saturated carbocycles. The van der Waals surface area contributed by atoms with Crippen molar-refractivity contribution in [2.75, 3.05) is 13.1 Å². The standard InChI is InChI=1S/C19H17N3O4S/c1-21-15(6-7-20-21)19(23)22-10-14-13-9-12(16-3-2-8-26-16)4-5-17(13)27(24,25)18(14)11-22/h2-9,14,18H,10-11H2,1H3/t14-,18+/m1/s1. The van der Waals surface area contributed by atoms with Crippen molar-refractivity contribution in [3.05, 3.63) is 60.1 Å². The SMILES string of the molecule is Cn1nccc1C(=O)N1C[C@@H]2c3cc(-c4ccco4)ccc3S(=O)(=O)[C@H]2C1. The Balaban J connectivity index is 1.53.